The largest absolute Gasteiger partial charge is 0.351 e. The Morgan fingerprint density at radius 3 is 2.73 bits per heavy atom. The van der Waals surface area contributed by atoms with Crippen molar-refractivity contribution >= 4 is 5.91 Å². The molecule has 0 radical (unpaired) electrons. The normalized spacial score (nSPS) is 16.6. The van der Waals surface area contributed by atoms with Gasteiger partial charge in [0.25, 0.3) is 0 Å². The van der Waals surface area contributed by atoms with E-state index in [4.69, 9.17) is 5.73 Å². The summed E-state index contributed by atoms with van der Waals surface area (Å²) in [6.45, 7) is 0.927. The third-order valence-electron chi connectivity index (χ3n) is 4.62. The van der Waals surface area contributed by atoms with Crippen molar-refractivity contribution in [3.63, 3.8) is 0 Å². The molecule has 5 nitrogen and oxygen atoms in total. The van der Waals surface area contributed by atoms with Gasteiger partial charge in [0, 0.05) is 25.5 Å². The van der Waals surface area contributed by atoms with E-state index >= 15 is 0 Å². The summed E-state index contributed by atoms with van der Waals surface area (Å²) in [5.41, 5.74) is 7.54. The number of amides is 1. The molecule has 1 fully saturated rings. The Kier molecular flexibility index (Phi) is 4.24. The molecule has 1 heterocycles. The van der Waals surface area contributed by atoms with Gasteiger partial charge in [-0.25, -0.2) is 4.68 Å². The summed E-state index contributed by atoms with van der Waals surface area (Å²) in [6, 6.07) is 9.85. The van der Waals surface area contributed by atoms with E-state index < -0.39 is 0 Å². The third kappa shape index (κ3) is 2.76. The number of benzene rings is 1. The van der Waals surface area contributed by atoms with E-state index in [-0.39, 0.29) is 11.3 Å². The molecule has 0 spiro atoms. The Balaban J connectivity index is 1.73. The summed E-state index contributed by atoms with van der Waals surface area (Å²) in [5, 5.41) is 7.34. The van der Waals surface area contributed by atoms with Crippen LogP contribution in [0.1, 0.15) is 31.2 Å². The Morgan fingerprint density at radius 2 is 2.05 bits per heavy atom. The number of hydrogen-bond acceptors (Lipinski definition) is 3. The van der Waals surface area contributed by atoms with Crippen LogP contribution in [0.4, 0.5) is 0 Å². The highest BCUT2D eigenvalue weighted by Crippen LogP contribution is 2.37. The van der Waals surface area contributed by atoms with E-state index in [0.29, 0.717) is 13.1 Å². The number of para-hydroxylation sites is 1. The van der Waals surface area contributed by atoms with Gasteiger partial charge in [-0.05, 0) is 30.5 Å². The molecule has 1 aromatic heterocycles. The van der Waals surface area contributed by atoms with Gasteiger partial charge in [0.1, 0.15) is 0 Å². The maximum atomic E-state index is 12.6. The molecule has 0 bridgehead atoms. The molecule has 0 atom stereocenters. The summed E-state index contributed by atoms with van der Waals surface area (Å²) >= 11 is 0. The second-order valence-electron chi connectivity index (χ2n) is 5.95. The van der Waals surface area contributed by atoms with Gasteiger partial charge < -0.3 is 11.1 Å². The van der Waals surface area contributed by atoms with Crippen molar-refractivity contribution in [2.45, 2.75) is 32.2 Å². The number of carbonyl (C=O) groups is 1. The zero-order chi connectivity index (χ0) is 15.4. The van der Waals surface area contributed by atoms with Crippen LogP contribution in [-0.4, -0.2) is 22.2 Å². The van der Waals surface area contributed by atoms with Gasteiger partial charge in [-0.3, -0.25) is 4.79 Å². The van der Waals surface area contributed by atoms with Gasteiger partial charge in [-0.15, -0.1) is 0 Å². The average molecular weight is 298 g/mol. The first-order valence-electron chi connectivity index (χ1n) is 7.81. The molecule has 2 aromatic rings. The van der Waals surface area contributed by atoms with Crippen LogP contribution in [0.5, 0.6) is 0 Å². The zero-order valence-electron chi connectivity index (χ0n) is 12.7. The van der Waals surface area contributed by atoms with Crippen LogP contribution in [0.2, 0.25) is 0 Å². The zero-order valence-corrected chi connectivity index (χ0v) is 12.7. The lowest BCUT2D eigenvalue weighted by molar-refractivity contribution is -0.130. The van der Waals surface area contributed by atoms with Crippen LogP contribution in [0.15, 0.2) is 42.7 Å². The molecule has 1 aliphatic carbocycles. The number of rotatable bonds is 5. The van der Waals surface area contributed by atoms with Crippen molar-refractivity contribution in [2.24, 2.45) is 11.1 Å². The van der Waals surface area contributed by atoms with Gasteiger partial charge in [0.05, 0.1) is 11.1 Å². The maximum absolute atomic E-state index is 12.6. The van der Waals surface area contributed by atoms with Crippen molar-refractivity contribution in [2.75, 3.05) is 6.54 Å². The molecule has 1 saturated carbocycles. The standard InChI is InChI=1S/C17H22N4O/c18-13-17(8-3-4-9-17)16(22)19-12-14-6-1-2-7-15(14)21-11-5-10-20-21/h1-2,5-7,10-11H,3-4,8-9,12-13,18H2,(H,19,22). The molecule has 3 N–H and O–H groups in total. The lowest BCUT2D eigenvalue weighted by atomic mass is 9.85. The van der Waals surface area contributed by atoms with Crippen LogP contribution in [0, 0.1) is 5.41 Å². The molecular weight excluding hydrogens is 276 g/mol. The maximum Gasteiger partial charge on any atom is 0.227 e. The van der Waals surface area contributed by atoms with Crippen molar-refractivity contribution in [3.05, 3.63) is 48.3 Å². The van der Waals surface area contributed by atoms with Crippen LogP contribution < -0.4 is 11.1 Å². The minimum atomic E-state index is -0.360. The van der Waals surface area contributed by atoms with Crippen LogP contribution >= 0.6 is 0 Å². The summed E-state index contributed by atoms with van der Waals surface area (Å²) < 4.78 is 1.82. The molecule has 1 aromatic carbocycles. The number of nitrogens with zero attached hydrogens (tertiary/aromatic N) is 2. The highest BCUT2D eigenvalue weighted by atomic mass is 16.2. The molecule has 0 unspecified atom stereocenters. The number of nitrogens with two attached hydrogens (primary N) is 1. The first-order chi connectivity index (χ1) is 10.7. The Hall–Kier alpha value is -2.14. The van der Waals surface area contributed by atoms with Crippen molar-refractivity contribution in [3.8, 4) is 5.69 Å². The summed E-state index contributed by atoms with van der Waals surface area (Å²) in [7, 11) is 0. The minimum Gasteiger partial charge on any atom is -0.351 e. The highest BCUT2D eigenvalue weighted by Gasteiger charge is 2.39. The molecular formula is C17H22N4O. The Bertz CT molecular complexity index is 630. The minimum absolute atomic E-state index is 0.0859. The van der Waals surface area contributed by atoms with Gasteiger partial charge in [-0.2, -0.15) is 5.10 Å². The predicted molar refractivity (Wildman–Crippen MR) is 85.4 cm³/mol. The molecule has 116 valence electrons. The molecule has 1 aliphatic rings. The fourth-order valence-electron chi connectivity index (χ4n) is 3.23. The molecule has 22 heavy (non-hydrogen) atoms. The van der Waals surface area contributed by atoms with E-state index in [9.17, 15) is 4.79 Å². The van der Waals surface area contributed by atoms with Gasteiger partial charge in [0.2, 0.25) is 5.91 Å². The second kappa shape index (κ2) is 6.32. The number of nitrogens with one attached hydrogen (secondary N) is 1. The topological polar surface area (TPSA) is 72.9 Å². The van der Waals surface area contributed by atoms with Gasteiger partial charge in [-0.1, -0.05) is 31.0 Å². The molecule has 5 heteroatoms. The first kappa shape index (κ1) is 14.8. The molecule has 1 amide bonds. The highest BCUT2D eigenvalue weighted by molar-refractivity contribution is 5.83. The summed E-state index contributed by atoms with van der Waals surface area (Å²) in [6.07, 6.45) is 7.63. The average Bonchev–Trinajstić information content (AvgIpc) is 3.24. The lowest BCUT2D eigenvalue weighted by Crippen LogP contribution is -2.43. The van der Waals surface area contributed by atoms with Crippen LogP contribution in [0.3, 0.4) is 0 Å². The number of aromatic nitrogens is 2. The molecule has 0 aliphatic heterocycles. The quantitative estimate of drug-likeness (QED) is 0.887. The van der Waals surface area contributed by atoms with Crippen LogP contribution in [0.25, 0.3) is 5.69 Å². The summed E-state index contributed by atoms with van der Waals surface area (Å²) in [5.74, 6) is 0.0859. The monoisotopic (exact) mass is 298 g/mol. The predicted octanol–water partition coefficient (Wildman–Crippen LogP) is 2.01. The van der Waals surface area contributed by atoms with Crippen molar-refractivity contribution < 1.29 is 4.79 Å². The fourth-order valence-corrected chi connectivity index (χ4v) is 3.23. The van der Waals surface area contributed by atoms with Crippen LogP contribution in [-0.2, 0) is 11.3 Å². The van der Waals surface area contributed by atoms with E-state index in [0.717, 1.165) is 36.9 Å². The Labute approximate surface area is 130 Å². The van der Waals surface area contributed by atoms with Crippen molar-refractivity contribution in [1.29, 1.82) is 0 Å². The Morgan fingerprint density at radius 1 is 1.27 bits per heavy atom. The summed E-state index contributed by atoms with van der Waals surface area (Å²) in [4.78, 5) is 12.6. The van der Waals surface area contributed by atoms with E-state index in [1.54, 1.807) is 6.20 Å². The SMILES string of the molecule is NCC1(C(=O)NCc2ccccc2-n2cccn2)CCCC1. The lowest BCUT2D eigenvalue weighted by Gasteiger charge is -2.26. The van der Waals surface area contributed by atoms with E-state index in [1.807, 2.05) is 41.2 Å². The van der Waals surface area contributed by atoms with E-state index in [1.165, 1.54) is 0 Å². The van der Waals surface area contributed by atoms with Crippen molar-refractivity contribution in [1.82, 2.24) is 15.1 Å². The van der Waals surface area contributed by atoms with Gasteiger partial charge in [0.15, 0.2) is 0 Å². The first-order valence-corrected chi connectivity index (χ1v) is 7.81. The molecule has 0 saturated heterocycles. The van der Waals surface area contributed by atoms with E-state index in [2.05, 4.69) is 10.4 Å². The number of hydrogen-bond donors (Lipinski definition) is 2. The smallest absolute Gasteiger partial charge is 0.227 e. The second-order valence-corrected chi connectivity index (χ2v) is 5.95. The third-order valence-corrected chi connectivity index (χ3v) is 4.62. The fraction of sp³-hybridized carbons (Fsp3) is 0.412. The van der Waals surface area contributed by atoms with Gasteiger partial charge >= 0.3 is 0 Å². The number of carbonyl (C=O) groups excluding carboxylic acids is 1. The molecule has 3 rings (SSSR count).